The Morgan fingerprint density at radius 2 is 1.90 bits per heavy atom. The van der Waals surface area contributed by atoms with Crippen LogP contribution in [0.5, 0.6) is 0 Å². The van der Waals surface area contributed by atoms with Gasteiger partial charge in [-0.3, -0.25) is 0 Å². The monoisotopic (exact) mass is 332 g/mol. The van der Waals surface area contributed by atoms with Crippen LogP contribution in [0, 0.1) is 0 Å². The van der Waals surface area contributed by atoms with E-state index in [0.29, 0.717) is 6.54 Å². The molecule has 1 aromatic rings. The summed E-state index contributed by atoms with van der Waals surface area (Å²) in [6, 6.07) is 5.34. The summed E-state index contributed by atoms with van der Waals surface area (Å²) in [6.45, 7) is 2.22. The van der Waals surface area contributed by atoms with E-state index in [2.05, 4.69) is 0 Å². The van der Waals surface area contributed by atoms with Gasteiger partial charge in [0.15, 0.2) is 9.84 Å². The number of hydrogen-bond acceptors (Lipinski definition) is 5. The molecule has 0 spiro atoms. The van der Waals surface area contributed by atoms with Crippen LogP contribution in [0.2, 0.25) is 0 Å². The van der Waals surface area contributed by atoms with Crippen LogP contribution >= 0.6 is 0 Å². The first kappa shape index (κ1) is 16.4. The lowest BCUT2D eigenvalue weighted by Gasteiger charge is -2.23. The fraction of sp³-hybridized carbons (Fsp3) is 0.538. The molecule has 1 aliphatic rings. The minimum Gasteiger partial charge on any atom is -0.329 e. The summed E-state index contributed by atoms with van der Waals surface area (Å²) in [4.78, 5) is 0.0481. The number of rotatable bonds is 5. The van der Waals surface area contributed by atoms with E-state index < -0.39 is 19.9 Å². The first-order chi connectivity index (χ1) is 9.82. The van der Waals surface area contributed by atoms with E-state index in [9.17, 15) is 16.8 Å². The smallest absolute Gasteiger partial charge is 0.243 e. The average Bonchev–Trinajstić information content (AvgIpc) is 2.96. The van der Waals surface area contributed by atoms with Crippen molar-refractivity contribution in [1.29, 1.82) is 0 Å². The van der Waals surface area contributed by atoms with Gasteiger partial charge in [0.1, 0.15) is 0 Å². The summed E-state index contributed by atoms with van der Waals surface area (Å²) >= 11 is 0. The first-order valence-corrected chi connectivity index (χ1v) is 9.97. The van der Waals surface area contributed by atoms with Gasteiger partial charge in [0.2, 0.25) is 10.0 Å². The summed E-state index contributed by atoms with van der Waals surface area (Å²) in [5.74, 6) is -0.0638. The van der Waals surface area contributed by atoms with Crippen molar-refractivity contribution >= 4 is 19.9 Å². The molecule has 2 N–H and O–H groups in total. The minimum absolute atomic E-state index is 0.0115. The maximum absolute atomic E-state index is 12.6. The fourth-order valence-electron chi connectivity index (χ4n) is 2.49. The normalized spacial score (nSPS) is 20.8. The molecule has 0 aliphatic carbocycles. The third kappa shape index (κ3) is 3.13. The second-order valence-electron chi connectivity index (χ2n) is 5.03. The zero-order valence-electron chi connectivity index (χ0n) is 11.9. The SMILES string of the molecule is CCS(=O)(=O)c1cccc(S(=O)(=O)N2CCCC2CN)c1. The number of sulfonamides is 1. The van der Waals surface area contributed by atoms with Crippen molar-refractivity contribution in [3.63, 3.8) is 0 Å². The van der Waals surface area contributed by atoms with Gasteiger partial charge >= 0.3 is 0 Å². The van der Waals surface area contributed by atoms with E-state index in [1.165, 1.54) is 35.5 Å². The Hall–Kier alpha value is -0.960. The van der Waals surface area contributed by atoms with Crippen LogP contribution < -0.4 is 5.73 Å². The fourth-order valence-corrected chi connectivity index (χ4v) is 5.24. The average molecular weight is 332 g/mol. The quantitative estimate of drug-likeness (QED) is 0.851. The molecule has 118 valence electrons. The van der Waals surface area contributed by atoms with Gasteiger partial charge in [-0.25, -0.2) is 16.8 Å². The Bertz CT molecular complexity index is 713. The van der Waals surface area contributed by atoms with Crippen LogP contribution in [0.1, 0.15) is 19.8 Å². The lowest BCUT2D eigenvalue weighted by atomic mass is 10.2. The minimum atomic E-state index is -3.70. The first-order valence-electron chi connectivity index (χ1n) is 6.87. The Morgan fingerprint density at radius 1 is 1.24 bits per heavy atom. The molecule has 1 fully saturated rings. The van der Waals surface area contributed by atoms with Crippen molar-refractivity contribution < 1.29 is 16.8 Å². The van der Waals surface area contributed by atoms with E-state index in [0.717, 1.165) is 12.8 Å². The van der Waals surface area contributed by atoms with Crippen LogP contribution in [0.3, 0.4) is 0 Å². The molecule has 0 amide bonds. The number of hydrogen-bond donors (Lipinski definition) is 1. The summed E-state index contributed by atoms with van der Waals surface area (Å²) in [5.41, 5.74) is 5.62. The van der Waals surface area contributed by atoms with Crippen molar-refractivity contribution in [2.75, 3.05) is 18.8 Å². The largest absolute Gasteiger partial charge is 0.329 e. The molecule has 21 heavy (non-hydrogen) atoms. The maximum atomic E-state index is 12.6. The Kier molecular flexibility index (Phi) is 4.72. The van der Waals surface area contributed by atoms with Crippen molar-refractivity contribution in [3.8, 4) is 0 Å². The molecule has 1 aromatic carbocycles. The molecule has 1 heterocycles. The highest BCUT2D eigenvalue weighted by Gasteiger charge is 2.34. The molecule has 8 heteroatoms. The maximum Gasteiger partial charge on any atom is 0.243 e. The van der Waals surface area contributed by atoms with Crippen LogP contribution in [-0.4, -0.2) is 46.0 Å². The Labute approximate surface area is 125 Å². The van der Waals surface area contributed by atoms with Crippen LogP contribution in [0.25, 0.3) is 0 Å². The molecule has 0 aromatic heterocycles. The third-order valence-corrected chi connectivity index (χ3v) is 7.43. The highest BCUT2D eigenvalue weighted by molar-refractivity contribution is 7.91. The number of nitrogens with two attached hydrogens (primary N) is 1. The lowest BCUT2D eigenvalue weighted by Crippen LogP contribution is -2.39. The number of sulfone groups is 1. The third-order valence-electron chi connectivity index (χ3n) is 3.75. The van der Waals surface area contributed by atoms with Crippen LogP contribution in [0.15, 0.2) is 34.1 Å². The molecule has 0 saturated carbocycles. The summed E-state index contributed by atoms with van der Waals surface area (Å²) in [6.07, 6.45) is 1.51. The summed E-state index contributed by atoms with van der Waals surface area (Å²) in [7, 11) is -7.13. The van der Waals surface area contributed by atoms with Crippen molar-refractivity contribution in [2.45, 2.75) is 35.6 Å². The van der Waals surface area contributed by atoms with Crippen LogP contribution in [-0.2, 0) is 19.9 Å². The van der Waals surface area contributed by atoms with Gasteiger partial charge in [-0.1, -0.05) is 13.0 Å². The van der Waals surface area contributed by atoms with Crippen LogP contribution in [0.4, 0.5) is 0 Å². The zero-order chi connectivity index (χ0) is 15.7. The van der Waals surface area contributed by atoms with Gasteiger partial charge in [-0.2, -0.15) is 4.31 Å². The second kappa shape index (κ2) is 6.04. The molecule has 0 radical (unpaired) electrons. The van der Waals surface area contributed by atoms with E-state index in [1.807, 2.05) is 0 Å². The van der Waals surface area contributed by atoms with E-state index >= 15 is 0 Å². The number of benzene rings is 1. The highest BCUT2D eigenvalue weighted by atomic mass is 32.2. The van der Waals surface area contributed by atoms with E-state index in [-0.39, 0.29) is 28.1 Å². The standard InChI is InChI=1S/C13H20N2O4S2/c1-2-20(16,17)12-6-3-7-13(9-12)21(18,19)15-8-4-5-11(15)10-14/h3,6-7,9,11H,2,4-5,8,10,14H2,1H3. The molecule has 0 bridgehead atoms. The molecule has 1 aliphatic heterocycles. The summed E-state index contributed by atoms with van der Waals surface area (Å²) < 4.78 is 50.5. The van der Waals surface area contributed by atoms with Gasteiger partial charge < -0.3 is 5.73 Å². The van der Waals surface area contributed by atoms with Crippen molar-refractivity contribution in [3.05, 3.63) is 24.3 Å². The summed E-state index contributed by atoms with van der Waals surface area (Å²) in [5, 5.41) is 0. The Balaban J connectivity index is 2.44. The molecule has 1 unspecified atom stereocenters. The van der Waals surface area contributed by atoms with E-state index in [4.69, 9.17) is 5.73 Å². The van der Waals surface area contributed by atoms with Gasteiger partial charge in [0.05, 0.1) is 15.5 Å². The molecule has 1 atom stereocenters. The van der Waals surface area contributed by atoms with Crippen molar-refractivity contribution in [2.24, 2.45) is 5.73 Å². The molecular formula is C13H20N2O4S2. The lowest BCUT2D eigenvalue weighted by molar-refractivity contribution is 0.393. The predicted molar refractivity (Wildman–Crippen MR) is 80.1 cm³/mol. The predicted octanol–water partition coefficient (Wildman–Crippen LogP) is 0.592. The van der Waals surface area contributed by atoms with Gasteiger partial charge in [-0.15, -0.1) is 0 Å². The highest BCUT2D eigenvalue weighted by Crippen LogP contribution is 2.27. The Morgan fingerprint density at radius 3 is 2.52 bits per heavy atom. The number of nitrogens with zero attached hydrogens (tertiary/aromatic N) is 1. The van der Waals surface area contributed by atoms with Crippen molar-refractivity contribution in [1.82, 2.24) is 4.31 Å². The topological polar surface area (TPSA) is 97.5 Å². The van der Waals surface area contributed by atoms with Gasteiger partial charge in [-0.05, 0) is 31.0 Å². The molecule has 1 saturated heterocycles. The molecule has 2 rings (SSSR count). The second-order valence-corrected chi connectivity index (χ2v) is 9.19. The zero-order valence-corrected chi connectivity index (χ0v) is 13.5. The molecular weight excluding hydrogens is 312 g/mol. The molecule has 6 nitrogen and oxygen atoms in total. The van der Waals surface area contributed by atoms with E-state index in [1.54, 1.807) is 0 Å². The van der Waals surface area contributed by atoms with Gasteiger partial charge in [0, 0.05) is 19.1 Å². The van der Waals surface area contributed by atoms with Gasteiger partial charge in [0.25, 0.3) is 0 Å².